The average Bonchev–Trinajstić information content (AvgIpc) is 2.67. The van der Waals surface area contributed by atoms with Crippen molar-refractivity contribution in [2.45, 2.75) is 50.5 Å². The fourth-order valence-corrected chi connectivity index (χ4v) is 5.68. The minimum Gasteiger partial charge on any atom is -0.508 e. The van der Waals surface area contributed by atoms with Gasteiger partial charge >= 0.3 is 5.97 Å². The monoisotopic (exact) mass is 386 g/mol. The SMILES string of the molecule is CN1CC[C@@]2(C)c3cc(O)ccc3CC1[C@@H]2CC(=O)N1CCC(C(=O)O)CC1. The lowest BCUT2D eigenvalue weighted by molar-refractivity contribution is -0.146. The van der Waals surface area contributed by atoms with Crippen LogP contribution in [0, 0.1) is 11.8 Å². The minimum absolute atomic E-state index is 0.126. The standard InChI is InChI=1S/C22H30N2O4/c1-22-7-10-23(2)19(11-15-3-4-16(25)12-17(15)22)18(22)13-20(26)24-8-5-14(6-9-24)21(27)28/h3-4,12,14,18-19,25H,5-11,13H2,1-2H3,(H,27,28)/t18-,19?,22-/m0/s1. The maximum atomic E-state index is 13.1. The zero-order valence-corrected chi connectivity index (χ0v) is 16.7. The third-order valence-electron chi connectivity index (χ3n) is 7.56. The number of fused-ring (bicyclic) bond motifs is 4. The normalized spacial score (nSPS) is 30.7. The number of nitrogens with zero attached hydrogens (tertiary/aromatic N) is 2. The van der Waals surface area contributed by atoms with E-state index in [4.69, 9.17) is 0 Å². The largest absolute Gasteiger partial charge is 0.508 e. The fourth-order valence-electron chi connectivity index (χ4n) is 5.68. The van der Waals surface area contributed by atoms with Crippen LogP contribution >= 0.6 is 0 Å². The van der Waals surface area contributed by atoms with Crippen LogP contribution in [0.25, 0.3) is 0 Å². The van der Waals surface area contributed by atoms with E-state index in [0.29, 0.717) is 38.4 Å². The van der Waals surface area contributed by atoms with Crippen LogP contribution in [0.4, 0.5) is 0 Å². The Morgan fingerprint density at radius 1 is 1.21 bits per heavy atom. The molecule has 2 saturated heterocycles. The van der Waals surface area contributed by atoms with Crippen molar-refractivity contribution in [1.29, 1.82) is 0 Å². The maximum absolute atomic E-state index is 13.1. The summed E-state index contributed by atoms with van der Waals surface area (Å²) < 4.78 is 0. The van der Waals surface area contributed by atoms with Crippen LogP contribution in [-0.4, -0.2) is 64.6 Å². The fraction of sp³-hybridized carbons (Fsp3) is 0.636. The van der Waals surface area contributed by atoms with Crippen molar-refractivity contribution >= 4 is 11.9 Å². The molecule has 0 spiro atoms. The molecule has 0 saturated carbocycles. The molecule has 0 aromatic heterocycles. The van der Waals surface area contributed by atoms with E-state index in [1.54, 1.807) is 6.07 Å². The molecule has 1 aromatic carbocycles. The number of aromatic hydroxyl groups is 1. The van der Waals surface area contributed by atoms with Gasteiger partial charge in [-0.15, -0.1) is 0 Å². The Morgan fingerprint density at radius 3 is 2.61 bits per heavy atom. The van der Waals surface area contributed by atoms with E-state index in [-0.39, 0.29) is 28.9 Å². The van der Waals surface area contributed by atoms with Crippen molar-refractivity contribution in [3.63, 3.8) is 0 Å². The van der Waals surface area contributed by atoms with E-state index in [1.807, 2.05) is 17.0 Å². The van der Waals surface area contributed by atoms with Gasteiger partial charge in [-0.1, -0.05) is 13.0 Å². The Morgan fingerprint density at radius 2 is 1.93 bits per heavy atom. The number of carboxylic acid groups (broad SMARTS) is 1. The highest BCUT2D eigenvalue weighted by molar-refractivity contribution is 5.78. The second-order valence-electron chi connectivity index (χ2n) is 9.06. The number of aliphatic carboxylic acids is 1. The van der Waals surface area contributed by atoms with Crippen LogP contribution in [-0.2, 0) is 21.4 Å². The smallest absolute Gasteiger partial charge is 0.306 e. The molecule has 152 valence electrons. The Bertz CT molecular complexity index is 787. The van der Waals surface area contributed by atoms with Gasteiger partial charge in [0.1, 0.15) is 5.75 Å². The molecule has 2 N–H and O–H groups in total. The highest BCUT2D eigenvalue weighted by Gasteiger charge is 2.50. The number of hydrogen-bond acceptors (Lipinski definition) is 4. The molecule has 6 heteroatoms. The first kappa shape index (κ1) is 19.2. The zero-order chi connectivity index (χ0) is 20.1. The molecule has 1 unspecified atom stereocenters. The molecular weight excluding hydrogens is 356 g/mol. The van der Waals surface area contributed by atoms with Gasteiger partial charge in [-0.25, -0.2) is 0 Å². The number of amides is 1. The second-order valence-corrected chi connectivity index (χ2v) is 9.06. The first-order chi connectivity index (χ1) is 13.3. The van der Waals surface area contributed by atoms with E-state index in [0.717, 1.165) is 19.4 Å². The highest BCUT2D eigenvalue weighted by Crippen LogP contribution is 2.50. The number of hydrogen-bond donors (Lipinski definition) is 2. The van der Waals surface area contributed by atoms with Crippen LogP contribution in [0.3, 0.4) is 0 Å². The van der Waals surface area contributed by atoms with E-state index in [9.17, 15) is 19.8 Å². The summed E-state index contributed by atoms with van der Waals surface area (Å²) >= 11 is 0. The van der Waals surface area contributed by atoms with E-state index >= 15 is 0 Å². The van der Waals surface area contributed by atoms with Crippen molar-refractivity contribution in [1.82, 2.24) is 9.80 Å². The van der Waals surface area contributed by atoms with Gasteiger partial charge < -0.3 is 20.0 Å². The average molecular weight is 386 g/mol. The zero-order valence-electron chi connectivity index (χ0n) is 16.7. The molecule has 2 aliphatic heterocycles. The molecule has 2 fully saturated rings. The predicted molar refractivity (Wildman–Crippen MR) is 105 cm³/mol. The molecular formula is C22H30N2O4. The third-order valence-corrected chi connectivity index (χ3v) is 7.56. The molecule has 2 heterocycles. The van der Waals surface area contributed by atoms with E-state index in [1.165, 1.54) is 11.1 Å². The summed E-state index contributed by atoms with van der Waals surface area (Å²) in [7, 11) is 2.14. The molecule has 1 aliphatic carbocycles. The number of likely N-dealkylation sites (tertiary alicyclic amines) is 2. The highest BCUT2D eigenvalue weighted by atomic mass is 16.4. The number of carbonyl (C=O) groups excluding carboxylic acids is 1. The van der Waals surface area contributed by atoms with Gasteiger partial charge in [0.05, 0.1) is 5.92 Å². The van der Waals surface area contributed by atoms with Crippen LogP contribution in [0.2, 0.25) is 0 Å². The molecule has 3 aliphatic rings. The molecule has 4 rings (SSSR count). The topological polar surface area (TPSA) is 81.1 Å². The number of carboxylic acids is 1. The summed E-state index contributed by atoms with van der Waals surface area (Å²) in [6, 6.07) is 6.00. The predicted octanol–water partition coefficient (Wildman–Crippen LogP) is 2.24. The minimum atomic E-state index is -0.750. The number of benzene rings is 1. The number of carbonyl (C=O) groups is 2. The molecule has 0 radical (unpaired) electrons. The van der Waals surface area contributed by atoms with Gasteiger partial charge in [0.2, 0.25) is 5.91 Å². The van der Waals surface area contributed by atoms with Gasteiger partial charge in [-0.05, 0) is 73.9 Å². The van der Waals surface area contributed by atoms with Gasteiger partial charge in [0, 0.05) is 25.6 Å². The molecule has 28 heavy (non-hydrogen) atoms. The molecule has 3 atom stereocenters. The Hall–Kier alpha value is -2.08. The maximum Gasteiger partial charge on any atom is 0.306 e. The third kappa shape index (κ3) is 3.17. The number of phenols is 1. The number of rotatable bonds is 3. The lowest BCUT2D eigenvalue weighted by Crippen LogP contribution is -2.58. The van der Waals surface area contributed by atoms with Gasteiger partial charge in [-0.3, -0.25) is 9.59 Å². The summed E-state index contributed by atoms with van der Waals surface area (Å²) in [6.45, 7) is 4.32. The van der Waals surface area contributed by atoms with E-state index < -0.39 is 5.97 Å². The molecule has 1 amide bonds. The number of piperidine rings is 2. The first-order valence-electron chi connectivity index (χ1n) is 10.3. The second kappa shape index (κ2) is 7.07. The van der Waals surface area contributed by atoms with Crippen LogP contribution in [0.5, 0.6) is 5.75 Å². The van der Waals surface area contributed by atoms with Crippen molar-refractivity contribution < 1.29 is 19.8 Å². The molecule has 6 nitrogen and oxygen atoms in total. The van der Waals surface area contributed by atoms with Gasteiger partial charge in [-0.2, -0.15) is 0 Å². The Balaban J connectivity index is 1.55. The first-order valence-corrected chi connectivity index (χ1v) is 10.3. The van der Waals surface area contributed by atoms with Crippen LogP contribution in [0.15, 0.2) is 18.2 Å². The van der Waals surface area contributed by atoms with Crippen LogP contribution < -0.4 is 0 Å². The molecule has 1 aromatic rings. The van der Waals surface area contributed by atoms with Crippen molar-refractivity contribution in [2.75, 3.05) is 26.7 Å². The van der Waals surface area contributed by atoms with Gasteiger partial charge in [0.15, 0.2) is 0 Å². The lowest BCUT2D eigenvalue weighted by Gasteiger charge is -2.55. The summed E-state index contributed by atoms with van der Waals surface area (Å²) in [6.07, 6.45) is 3.45. The summed E-state index contributed by atoms with van der Waals surface area (Å²) in [5.41, 5.74) is 2.35. The van der Waals surface area contributed by atoms with Crippen LogP contribution in [0.1, 0.15) is 43.7 Å². The summed E-state index contributed by atoms with van der Waals surface area (Å²) in [4.78, 5) is 28.5. The van der Waals surface area contributed by atoms with Crippen molar-refractivity contribution in [3.05, 3.63) is 29.3 Å². The van der Waals surface area contributed by atoms with Gasteiger partial charge in [0.25, 0.3) is 0 Å². The Labute approximate surface area is 166 Å². The lowest BCUT2D eigenvalue weighted by atomic mass is 9.57. The molecule has 2 bridgehead atoms. The summed E-state index contributed by atoms with van der Waals surface area (Å²) in [5.74, 6) is -0.441. The number of phenolic OH excluding ortho intramolecular Hbond substituents is 1. The Kier molecular flexibility index (Phi) is 4.86. The quantitative estimate of drug-likeness (QED) is 0.833. The number of likely N-dealkylation sites (N-methyl/N-ethyl adjacent to an activating group) is 1. The van der Waals surface area contributed by atoms with Crippen molar-refractivity contribution in [2.24, 2.45) is 11.8 Å². The van der Waals surface area contributed by atoms with E-state index in [2.05, 4.69) is 18.9 Å². The summed E-state index contributed by atoms with van der Waals surface area (Å²) in [5, 5.41) is 19.2. The van der Waals surface area contributed by atoms with Crippen molar-refractivity contribution in [3.8, 4) is 5.75 Å².